The van der Waals surface area contributed by atoms with Crippen molar-refractivity contribution in [2.24, 2.45) is 0 Å². The van der Waals surface area contributed by atoms with Crippen molar-refractivity contribution in [2.45, 2.75) is 0 Å². The van der Waals surface area contributed by atoms with Crippen LogP contribution in [0.3, 0.4) is 0 Å². The number of nitrogens with zero attached hydrogens (tertiary/aromatic N) is 2. The van der Waals surface area contributed by atoms with Crippen LogP contribution in [0, 0.1) is 0 Å². The second-order valence-corrected chi connectivity index (χ2v) is 6.43. The number of halogens is 3. The minimum absolute atomic E-state index is 0.740. The van der Waals surface area contributed by atoms with Gasteiger partial charge >= 0.3 is 0 Å². The van der Waals surface area contributed by atoms with Gasteiger partial charge in [-0.2, -0.15) is 0 Å². The molecule has 0 unspecified atom stereocenters. The fourth-order valence-corrected chi connectivity index (χ4v) is 3.40. The molecule has 3 rings (SSSR count). The molecule has 0 atom stereocenters. The van der Waals surface area contributed by atoms with Crippen LogP contribution in [-0.2, 0) is 0 Å². The molecule has 0 aliphatic carbocycles. The molecule has 1 N–H and O–H groups in total. The maximum Gasteiger partial charge on any atom is 0.218 e. The molecule has 6 heteroatoms. The van der Waals surface area contributed by atoms with E-state index >= 15 is 0 Å². The van der Waals surface area contributed by atoms with Gasteiger partial charge in [0.05, 0.1) is 32.9 Å². The lowest BCUT2D eigenvalue weighted by atomic mass is 10.3. The van der Waals surface area contributed by atoms with Crippen LogP contribution in [0.2, 0.25) is 0 Å². The lowest BCUT2D eigenvalue weighted by Crippen LogP contribution is -1.96. The van der Waals surface area contributed by atoms with Crippen molar-refractivity contribution in [3.8, 4) is 0 Å². The number of nitrogens with one attached hydrogen (secondary N) is 1. The fourth-order valence-electron chi connectivity index (χ4n) is 1.79. The van der Waals surface area contributed by atoms with Gasteiger partial charge in [0.25, 0.3) is 0 Å². The first-order valence-electron chi connectivity index (χ1n) is 5.51. The van der Waals surface area contributed by atoms with Gasteiger partial charge in [0.15, 0.2) is 0 Å². The first-order chi connectivity index (χ1) is 9.15. The Balaban J connectivity index is 2.03. The summed E-state index contributed by atoms with van der Waals surface area (Å²) in [6.45, 7) is 0. The van der Waals surface area contributed by atoms with E-state index in [1.165, 1.54) is 0 Å². The number of imidazole rings is 1. The smallest absolute Gasteiger partial charge is 0.218 e. The van der Waals surface area contributed by atoms with Crippen LogP contribution in [-0.4, -0.2) is 8.58 Å². The largest absolute Gasteiger partial charge is 0.324 e. The summed E-state index contributed by atoms with van der Waals surface area (Å²) in [7, 11) is 0. The van der Waals surface area contributed by atoms with Crippen molar-refractivity contribution in [1.82, 2.24) is 8.58 Å². The summed E-state index contributed by atoms with van der Waals surface area (Å²) in [5.41, 5.74) is 2.92. The van der Waals surface area contributed by atoms with Crippen LogP contribution in [0.25, 0.3) is 11.0 Å². The Morgan fingerprint density at radius 3 is 2.58 bits per heavy atom. The van der Waals surface area contributed by atoms with Gasteiger partial charge in [0.1, 0.15) is 0 Å². The minimum Gasteiger partial charge on any atom is -0.324 e. The Kier molecular flexibility index (Phi) is 3.64. The molecule has 0 saturated heterocycles. The van der Waals surface area contributed by atoms with Crippen molar-refractivity contribution >= 4 is 70.7 Å². The van der Waals surface area contributed by atoms with E-state index in [1.807, 2.05) is 46.1 Å². The molecule has 96 valence electrons. The molecule has 1 aromatic heterocycles. The van der Waals surface area contributed by atoms with Crippen molar-refractivity contribution in [3.05, 3.63) is 51.4 Å². The summed E-state index contributed by atoms with van der Waals surface area (Å²) in [6.07, 6.45) is 0. The zero-order valence-corrected chi connectivity index (χ0v) is 14.3. The lowest BCUT2D eigenvalue weighted by Gasteiger charge is -2.07. The van der Waals surface area contributed by atoms with E-state index in [0.717, 1.165) is 31.6 Å². The second-order valence-electron chi connectivity index (χ2n) is 3.95. The number of benzene rings is 2. The monoisotopic (exact) mass is 443 g/mol. The third-order valence-electron chi connectivity index (χ3n) is 2.68. The van der Waals surface area contributed by atoms with E-state index in [9.17, 15) is 0 Å². The quantitative estimate of drug-likeness (QED) is 0.567. The van der Waals surface area contributed by atoms with Crippen LogP contribution in [0.4, 0.5) is 11.6 Å². The molecule has 3 aromatic rings. The van der Waals surface area contributed by atoms with Gasteiger partial charge in [0, 0.05) is 8.95 Å². The molecule has 0 aliphatic heterocycles. The molecule has 3 nitrogen and oxygen atoms in total. The van der Waals surface area contributed by atoms with E-state index in [0.29, 0.717) is 0 Å². The SMILES string of the molecule is Brc1ccc(Nc2nc3ccccc3n2Br)c(Br)c1. The summed E-state index contributed by atoms with van der Waals surface area (Å²) in [5, 5.41) is 3.29. The minimum atomic E-state index is 0.740. The van der Waals surface area contributed by atoms with Gasteiger partial charge < -0.3 is 5.32 Å². The molecule has 0 bridgehead atoms. The number of anilines is 2. The molecule has 0 spiro atoms. The van der Waals surface area contributed by atoms with Gasteiger partial charge in [-0.15, -0.1) is 0 Å². The van der Waals surface area contributed by atoms with Crippen molar-refractivity contribution in [2.75, 3.05) is 5.32 Å². The number of hydrogen-bond donors (Lipinski definition) is 1. The highest BCUT2D eigenvalue weighted by molar-refractivity contribution is 9.11. The molecule has 0 amide bonds. The highest BCUT2D eigenvalue weighted by Gasteiger charge is 2.09. The molecule has 2 aromatic carbocycles. The van der Waals surface area contributed by atoms with Crippen molar-refractivity contribution in [1.29, 1.82) is 0 Å². The van der Waals surface area contributed by atoms with Gasteiger partial charge in [-0.1, -0.05) is 28.1 Å². The number of hydrogen-bond acceptors (Lipinski definition) is 2. The summed E-state index contributed by atoms with van der Waals surface area (Å²) in [5.74, 6) is 0.740. The highest BCUT2D eigenvalue weighted by Crippen LogP contribution is 2.30. The van der Waals surface area contributed by atoms with E-state index in [1.54, 1.807) is 0 Å². The molecule has 1 heterocycles. The average molecular weight is 446 g/mol. The number of rotatable bonds is 2. The normalized spacial score (nSPS) is 10.9. The van der Waals surface area contributed by atoms with Crippen LogP contribution in [0.1, 0.15) is 0 Å². The highest BCUT2D eigenvalue weighted by atomic mass is 79.9. The molecule has 0 aliphatic rings. The van der Waals surface area contributed by atoms with Crippen LogP contribution >= 0.6 is 48.0 Å². The Hall–Kier alpha value is -0.850. The Morgan fingerprint density at radius 2 is 1.84 bits per heavy atom. The zero-order chi connectivity index (χ0) is 13.4. The molecule has 0 radical (unpaired) electrons. The Morgan fingerprint density at radius 1 is 1.05 bits per heavy atom. The summed E-state index contributed by atoms with van der Waals surface area (Å²) >= 11 is 10.5. The van der Waals surface area contributed by atoms with Gasteiger partial charge in [0.2, 0.25) is 5.95 Å². The lowest BCUT2D eigenvalue weighted by molar-refractivity contribution is 1.26. The molecule has 19 heavy (non-hydrogen) atoms. The average Bonchev–Trinajstić information content (AvgIpc) is 2.70. The van der Waals surface area contributed by atoms with Gasteiger partial charge in [-0.05, 0) is 46.3 Å². The standard InChI is InChI=1S/C13H8Br3N3/c14-8-5-6-10(9(15)7-8)17-13-18-11-3-1-2-4-12(11)19(13)16/h1-7H,(H,17,18). The van der Waals surface area contributed by atoms with Crippen LogP contribution in [0.15, 0.2) is 51.4 Å². The van der Waals surface area contributed by atoms with E-state index < -0.39 is 0 Å². The number of para-hydroxylation sites is 2. The van der Waals surface area contributed by atoms with E-state index in [2.05, 4.69) is 58.3 Å². The predicted octanol–water partition coefficient (Wildman–Crippen LogP) is 5.46. The third-order valence-corrected chi connectivity index (χ3v) is 4.55. The molecule has 0 saturated carbocycles. The van der Waals surface area contributed by atoms with Crippen molar-refractivity contribution < 1.29 is 0 Å². The predicted molar refractivity (Wildman–Crippen MR) is 89.2 cm³/mol. The number of aromatic nitrogens is 2. The van der Waals surface area contributed by atoms with Gasteiger partial charge in [-0.3, -0.25) is 0 Å². The van der Waals surface area contributed by atoms with E-state index in [-0.39, 0.29) is 0 Å². The maximum atomic E-state index is 4.54. The van der Waals surface area contributed by atoms with Crippen LogP contribution < -0.4 is 5.32 Å². The Labute approximate surface area is 135 Å². The second kappa shape index (κ2) is 5.26. The number of fused-ring (bicyclic) bond motifs is 1. The third kappa shape index (κ3) is 2.57. The molecule has 0 fully saturated rings. The van der Waals surface area contributed by atoms with Crippen molar-refractivity contribution in [3.63, 3.8) is 0 Å². The molecular weight excluding hydrogens is 438 g/mol. The fraction of sp³-hybridized carbons (Fsp3) is 0. The topological polar surface area (TPSA) is 29.9 Å². The van der Waals surface area contributed by atoms with Crippen LogP contribution in [0.5, 0.6) is 0 Å². The zero-order valence-electron chi connectivity index (χ0n) is 9.57. The van der Waals surface area contributed by atoms with E-state index in [4.69, 9.17) is 0 Å². The summed E-state index contributed by atoms with van der Waals surface area (Å²) in [4.78, 5) is 4.54. The Bertz CT molecular complexity index is 752. The van der Waals surface area contributed by atoms with Gasteiger partial charge in [-0.25, -0.2) is 8.58 Å². The first kappa shape index (κ1) is 13.1. The maximum absolute atomic E-state index is 4.54. The summed E-state index contributed by atoms with van der Waals surface area (Å²) < 4.78 is 3.86. The summed E-state index contributed by atoms with van der Waals surface area (Å²) in [6, 6.07) is 13.9. The first-order valence-corrected chi connectivity index (χ1v) is 7.80. The molecular formula is C13H8Br3N3.